The van der Waals surface area contributed by atoms with Crippen molar-refractivity contribution in [3.05, 3.63) is 58.4 Å². The fourth-order valence-electron chi connectivity index (χ4n) is 1.69. The summed E-state index contributed by atoms with van der Waals surface area (Å²) in [6.45, 7) is 2.65. The number of hydrogen-bond donors (Lipinski definition) is 2. The molecule has 1 aromatic carbocycles. The normalized spacial score (nSPS) is 10.2. The Hall–Kier alpha value is -1.65. The highest BCUT2D eigenvalue weighted by atomic mass is 35.5. The third kappa shape index (κ3) is 3.43. The van der Waals surface area contributed by atoms with Gasteiger partial charge in [-0.15, -0.1) is 0 Å². The van der Waals surface area contributed by atoms with E-state index < -0.39 is 0 Å². The lowest BCUT2D eigenvalue weighted by Crippen LogP contribution is -2.10. The maximum absolute atomic E-state index is 6.18. The van der Waals surface area contributed by atoms with Gasteiger partial charge in [0.25, 0.3) is 0 Å². The van der Waals surface area contributed by atoms with Gasteiger partial charge in [-0.25, -0.2) is 0 Å². The highest BCUT2D eigenvalue weighted by molar-refractivity contribution is 7.80. The van der Waals surface area contributed by atoms with E-state index in [9.17, 15) is 0 Å². The molecule has 0 atom stereocenters. The minimum atomic E-state index is 0.342. The molecule has 0 aliphatic carbocycles. The van der Waals surface area contributed by atoms with Crippen LogP contribution in [0.5, 0.6) is 0 Å². The van der Waals surface area contributed by atoms with Crippen molar-refractivity contribution in [1.82, 2.24) is 4.98 Å². The summed E-state index contributed by atoms with van der Waals surface area (Å²) >= 11 is 11.1. The van der Waals surface area contributed by atoms with Gasteiger partial charge in [0.1, 0.15) is 4.99 Å². The van der Waals surface area contributed by atoms with Crippen LogP contribution in [0.3, 0.4) is 0 Å². The van der Waals surface area contributed by atoms with E-state index >= 15 is 0 Å². The number of pyridine rings is 1. The van der Waals surface area contributed by atoms with Gasteiger partial charge in [-0.2, -0.15) is 0 Å². The predicted octanol–water partition coefficient (Wildman–Crippen LogP) is 3.29. The number of thiocarbonyl (C=S) groups is 1. The number of aryl methyl sites for hydroxylation is 1. The van der Waals surface area contributed by atoms with Crippen molar-refractivity contribution in [2.75, 3.05) is 5.32 Å². The second-order valence-electron chi connectivity index (χ2n) is 4.18. The summed E-state index contributed by atoms with van der Waals surface area (Å²) < 4.78 is 0. The zero-order valence-corrected chi connectivity index (χ0v) is 12.1. The molecule has 0 aliphatic rings. The van der Waals surface area contributed by atoms with E-state index in [2.05, 4.69) is 10.3 Å². The molecule has 0 amide bonds. The van der Waals surface area contributed by atoms with Gasteiger partial charge in [0.15, 0.2) is 0 Å². The number of nitrogens with one attached hydrogen (secondary N) is 1. The lowest BCUT2D eigenvalue weighted by Gasteiger charge is -2.10. The SMILES string of the molecule is Cc1cccnc1CNc1ccc(C(N)=S)cc1Cl. The Morgan fingerprint density at radius 1 is 1.42 bits per heavy atom. The smallest absolute Gasteiger partial charge is 0.104 e. The van der Waals surface area contributed by atoms with Gasteiger partial charge in [0.2, 0.25) is 0 Å². The van der Waals surface area contributed by atoms with Crippen LogP contribution >= 0.6 is 23.8 Å². The van der Waals surface area contributed by atoms with Crippen LogP contribution in [0.2, 0.25) is 5.02 Å². The van der Waals surface area contributed by atoms with Crippen LogP contribution in [-0.2, 0) is 6.54 Å². The Kier molecular flexibility index (Phi) is 4.35. The Bertz CT molecular complexity index is 613. The number of halogens is 1. The average Bonchev–Trinajstić information content (AvgIpc) is 2.39. The first kappa shape index (κ1) is 13.8. The van der Waals surface area contributed by atoms with Gasteiger partial charge >= 0.3 is 0 Å². The summed E-state index contributed by atoms with van der Waals surface area (Å²) in [6.07, 6.45) is 1.78. The first-order chi connectivity index (χ1) is 9.08. The Balaban J connectivity index is 2.12. The number of hydrogen-bond acceptors (Lipinski definition) is 3. The van der Waals surface area contributed by atoms with Crippen LogP contribution in [0.25, 0.3) is 0 Å². The Labute approximate surface area is 122 Å². The number of benzene rings is 1. The number of anilines is 1. The van der Waals surface area contributed by atoms with Crippen molar-refractivity contribution in [2.45, 2.75) is 13.5 Å². The maximum atomic E-state index is 6.18. The highest BCUT2D eigenvalue weighted by Crippen LogP contribution is 2.23. The summed E-state index contributed by atoms with van der Waals surface area (Å²) in [5.41, 5.74) is 9.30. The highest BCUT2D eigenvalue weighted by Gasteiger charge is 2.05. The molecule has 2 aromatic rings. The summed E-state index contributed by atoms with van der Waals surface area (Å²) in [5.74, 6) is 0. The third-order valence-electron chi connectivity index (χ3n) is 2.82. The molecule has 0 saturated carbocycles. The van der Waals surface area contributed by atoms with Crippen LogP contribution in [0.4, 0.5) is 5.69 Å². The lowest BCUT2D eigenvalue weighted by molar-refractivity contribution is 1.02. The molecule has 2 rings (SSSR count). The molecule has 19 heavy (non-hydrogen) atoms. The molecule has 0 saturated heterocycles. The zero-order chi connectivity index (χ0) is 13.8. The molecule has 1 heterocycles. The van der Waals surface area contributed by atoms with Crippen LogP contribution in [0.1, 0.15) is 16.8 Å². The molecule has 0 radical (unpaired) electrons. The largest absolute Gasteiger partial charge is 0.389 e. The van der Waals surface area contributed by atoms with Gasteiger partial charge in [-0.1, -0.05) is 29.9 Å². The fourth-order valence-corrected chi connectivity index (χ4v) is 2.07. The van der Waals surface area contributed by atoms with Crippen LogP contribution in [0, 0.1) is 6.92 Å². The zero-order valence-electron chi connectivity index (χ0n) is 10.5. The monoisotopic (exact) mass is 291 g/mol. The summed E-state index contributed by atoms with van der Waals surface area (Å²) in [4.78, 5) is 4.66. The number of aromatic nitrogens is 1. The predicted molar refractivity (Wildman–Crippen MR) is 83.6 cm³/mol. The van der Waals surface area contributed by atoms with Crippen LogP contribution < -0.4 is 11.1 Å². The van der Waals surface area contributed by atoms with Crippen molar-refractivity contribution in [1.29, 1.82) is 0 Å². The first-order valence-electron chi connectivity index (χ1n) is 5.81. The molecular formula is C14H14ClN3S. The van der Waals surface area contributed by atoms with E-state index in [0.29, 0.717) is 16.6 Å². The molecule has 5 heteroatoms. The second-order valence-corrected chi connectivity index (χ2v) is 5.03. The molecule has 0 bridgehead atoms. The summed E-state index contributed by atoms with van der Waals surface area (Å²) in [6, 6.07) is 9.43. The standard InChI is InChI=1S/C14H14ClN3S/c1-9-3-2-6-17-13(9)8-18-12-5-4-10(14(16)19)7-11(12)15/h2-7,18H,8H2,1H3,(H2,16,19). The third-order valence-corrected chi connectivity index (χ3v) is 3.37. The van der Waals surface area contributed by atoms with E-state index in [1.807, 2.05) is 31.2 Å². The van der Waals surface area contributed by atoms with Gasteiger partial charge < -0.3 is 11.1 Å². The van der Waals surface area contributed by atoms with Crippen molar-refractivity contribution in [2.24, 2.45) is 5.73 Å². The fraction of sp³-hybridized carbons (Fsp3) is 0.143. The maximum Gasteiger partial charge on any atom is 0.104 e. The first-order valence-corrected chi connectivity index (χ1v) is 6.60. The molecule has 0 aliphatic heterocycles. The molecule has 3 N–H and O–H groups in total. The van der Waals surface area contributed by atoms with E-state index in [1.54, 1.807) is 12.3 Å². The van der Waals surface area contributed by atoms with E-state index in [-0.39, 0.29) is 0 Å². The number of rotatable bonds is 4. The minimum absolute atomic E-state index is 0.342. The van der Waals surface area contributed by atoms with Crippen molar-refractivity contribution in [3.8, 4) is 0 Å². The quantitative estimate of drug-likeness (QED) is 0.849. The Morgan fingerprint density at radius 2 is 2.21 bits per heavy atom. The summed E-state index contributed by atoms with van der Waals surface area (Å²) in [5, 5.41) is 3.85. The van der Waals surface area contributed by atoms with Gasteiger partial charge in [-0.3, -0.25) is 4.98 Å². The van der Waals surface area contributed by atoms with Crippen molar-refractivity contribution < 1.29 is 0 Å². The molecule has 0 spiro atoms. The van der Waals surface area contributed by atoms with E-state index in [1.165, 1.54) is 0 Å². The number of nitrogens with zero attached hydrogens (tertiary/aromatic N) is 1. The van der Waals surface area contributed by atoms with E-state index in [4.69, 9.17) is 29.6 Å². The molecular weight excluding hydrogens is 278 g/mol. The molecule has 0 unspecified atom stereocenters. The number of nitrogens with two attached hydrogens (primary N) is 1. The molecule has 1 aromatic heterocycles. The van der Waals surface area contributed by atoms with Gasteiger partial charge in [0.05, 0.1) is 22.9 Å². The molecule has 98 valence electrons. The lowest BCUT2D eigenvalue weighted by atomic mass is 10.2. The van der Waals surface area contributed by atoms with Crippen molar-refractivity contribution in [3.63, 3.8) is 0 Å². The second kappa shape index (κ2) is 5.99. The van der Waals surface area contributed by atoms with Gasteiger partial charge in [0, 0.05) is 11.8 Å². The van der Waals surface area contributed by atoms with Gasteiger partial charge in [-0.05, 0) is 36.8 Å². The summed E-state index contributed by atoms with van der Waals surface area (Å²) in [7, 11) is 0. The van der Waals surface area contributed by atoms with Crippen LogP contribution in [0.15, 0.2) is 36.5 Å². The molecule has 0 fully saturated rings. The Morgan fingerprint density at radius 3 is 2.84 bits per heavy atom. The van der Waals surface area contributed by atoms with Crippen molar-refractivity contribution >= 4 is 34.5 Å². The van der Waals surface area contributed by atoms with E-state index in [0.717, 1.165) is 22.5 Å². The average molecular weight is 292 g/mol. The minimum Gasteiger partial charge on any atom is -0.389 e. The topological polar surface area (TPSA) is 50.9 Å². The van der Waals surface area contributed by atoms with Crippen LogP contribution in [-0.4, -0.2) is 9.97 Å². The molecule has 3 nitrogen and oxygen atoms in total.